The molecule has 3 rings (SSSR count). The van der Waals surface area contributed by atoms with Crippen molar-refractivity contribution in [1.82, 2.24) is 0 Å². The number of benzene rings is 2. The molecule has 0 aliphatic carbocycles. The minimum Gasteiger partial charge on any atom is -0.463 e. The topological polar surface area (TPSA) is 79.9 Å². The number of hydrogen-bond donors (Lipinski definition) is 2. The summed E-state index contributed by atoms with van der Waals surface area (Å²) in [5.74, 6) is 0.291. The van der Waals surface area contributed by atoms with Gasteiger partial charge in [-0.3, -0.25) is 4.79 Å². The second kappa shape index (κ2) is 5.40. The second-order valence-electron chi connectivity index (χ2n) is 4.44. The number of hydrogen-bond acceptors (Lipinski definition) is 5. The van der Waals surface area contributed by atoms with E-state index in [1.165, 1.54) is 6.26 Å². The van der Waals surface area contributed by atoms with Crippen LogP contribution in [-0.2, 0) is 0 Å². The van der Waals surface area contributed by atoms with E-state index in [4.69, 9.17) is 19.4 Å². The molecule has 5 nitrogen and oxygen atoms in total. The van der Waals surface area contributed by atoms with Gasteiger partial charge < -0.3 is 19.4 Å². The van der Waals surface area contributed by atoms with Crippen LogP contribution < -0.4 is 10.2 Å². The smallest absolute Gasteiger partial charge is 0.310 e. The lowest BCUT2D eigenvalue weighted by atomic mass is 10.1. The molecular formula is C16H12O5. The Balaban J connectivity index is 2.04. The van der Waals surface area contributed by atoms with Crippen LogP contribution in [0.5, 0.6) is 5.75 Å². The Morgan fingerprint density at radius 2 is 1.71 bits per heavy atom. The fourth-order valence-corrected chi connectivity index (χ4v) is 2.11. The summed E-state index contributed by atoms with van der Waals surface area (Å²) < 4.78 is 10.2. The van der Waals surface area contributed by atoms with Crippen LogP contribution in [0.25, 0.3) is 22.1 Å². The third kappa shape index (κ3) is 2.65. The van der Waals surface area contributed by atoms with Gasteiger partial charge in [-0.1, -0.05) is 24.3 Å². The van der Waals surface area contributed by atoms with Gasteiger partial charge in [0.25, 0.3) is 0 Å². The first-order valence-electron chi connectivity index (χ1n) is 6.29. The molecule has 1 heterocycles. The van der Waals surface area contributed by atoms with Crippen LogP contribution in [0.2, 0.25) is 0 Å². The number of aliphatic hydroxyl groups excluding tert-OH is 1. The van der Waals surface area contributed by atoms with E-state index >= 15 is 0 Å². The third-order valence-electron chi connectivity index (χ3n) is 3.09. The number of ether oxygens (including phenoxy) is 1. The molecular weight excluding hydrogens is 272 g/mol. The fourth-order valence-electron chi connectivity index (χ4n) is 2.11. The van der Waals surface area contributed by atoms with Gasteiger partial charge in [-0.15, -0.1) is 0 Å². The van der Waals surface area contributed by atoms with Crippen LogP contribution in [0, 0.1) is 0 Å². The summed E-state index contributed by atoms with van der Waals surface area (Å²) in [6, 6.07) is 13.4. The van der Waals surface area contributed by atoms with Crippen molar-refractivity contribution in [3.05, 3.63) is 65.0 Å². The number of aliphatic hydroxyl groups is 2. The van der Waals surface area contributed by atoms with Crippen LogP contribution >= 0.6 is 0 Å². The minimum atomic E-state index is -1.87. The summed E-state index contributed by atoms with van der Waals surface area (Å²) in [5.41, 5.74) is 1.52. The molecule has 0 aliphatic heterocycles. The zero-order valence-corrected chi connectivity index (χ0v) is 10.9. The Kier molecular flexibility index (Phi) is 3.43. The maximum atomic E-state index is 12.4. The van der Waals surface area contributed by atoms with E-state index < -0.39 is 6.48 Å². The molecule has 5 heteroatoms. The first-order valence-corrected chi connectivity index (χ1v) is 6.29. The molecule has 2 aromatic carbocycles. The molecule has 0 spiro atoms. The summed E-state index contributed by atoms with van der Waals surface area (Å²) in [6.45, 7) is -1.87. The molecule has 0 unspecified atom stereocenters. The Morgan fingerprint density at radius 1 is 1.00 bits per heavy atom. The van der Waals surface area contributed by atoms with Gasteiger partial charge in [0.05, 0.1) is 10.9 Å². The molecule has 2 N–H and O–H groups in total. The van der Waals surface area contributed by atoms with Crippen LogP contribution in [-0.4, -0.2) is 16.7 Å². The van der Waals surface area contributed by atoms with E-state index in [1.807, 2.05) is 0 Å². The highest BCUT2D eigenvalue weighted by Crippen LogP contribution is 2.22. The van der Waals surface area contributed by atoms with E-state index in [2.05, 4.69) is 0 Å². The summed E-state index contributed by atoms with van der Waals surface area (Å²) in [4.78, 5) is 12.4. The van der Waals surface area contributed by atoms with Crippen molar-refractivity contribution in [2.45, 2.75) is 6.48 Å². The van der Waals surface area contributed by atoms with Crippen molar-refractivity contribution < 1.29 is 19.4 Å². The molecule has 106 valence electrons. The second-order valence-corrected chi connectivity index (χ2v) is 4.44. The van der Waals surface area contributed by atoms with Crippen molar-refractivity contribution in [3.63, 3.8) is 0 Å². The highest BCUT2D eigenvalue weighted by Gasteiger charge is 2.09. The van der Waals surface area contributed by atoms with Crippen LogP contribution in [0.4, 0.5) is 0 Å². The third-order valence-corrected chi connectivity index (χ3v) is 3.09. The van der Waals surface area contributed by atoms with E-state index in [0.717, 1.165) is 0 Å². The van der Waals surface area contributed by atoms with E-state index in [-0.39, 0.29) is 5.43 Å². The molecule has 3 aromatic rings. The van der Waals surface area contributed by atoms with Gasteiger partial charge in [0.2, 0.25) is 0 Å². The van der Waals surface area contributed by atoms with Crippen LogP contribution in [0.15, 0.2) is 64.0 Å². The fraction of sp³-hybridized carbons (Fsp3) is 0.0625. The standard InChI is InChI=1S/C16H12O5/c17-15-12-3-1-2-4-14(12)20-9-13(15)10-5-7-11(8-6-10)21-16(18)19/h1-9,16,18-19H. The molecule has 0 bridgehead atoms. The van der Waals surface area contributed by atoms with Gasteiger partial charge in [0.1, 0.15) is 17.6 Å². The average molecular weight is 284 g/mol. The van der Waals surface area contributed by atoms with Crippen molar-refractivity contribution >= 4 is 11.0 Å². The molecule has 0 amide bonds. The van der Waals surface area contributed by atoms with Crippen molar-refractivity contribution in [3.8, 4) is 16.9 Å². The molecule has 0 radical (unpaired) electrons. The van der Waals surface area contributed by atoms with Crippen LogP contribution in [0.1, 0.15) is 0 Å². The van der Waals surface area contributed by atoms with Crippen molar-refractivity contribution in [1.29, 1.82) is 0 Å². The number of fused-ring (bicyclic) bond motifs is 1. The Hall–Kier alpha value is -2.63. The van der Waals surface area contributed by atoms with E-state index in [0.29, 0.717) is 27.8 Å². The maximum absolute atomic E-state index is 12.4. The first kappa shape index (κ1) is 13.4. The summed E-state index contributed by atoms with van der Waals surface area (Å²) in [5, 5.41) is 18.0. The quantitative estimate of drug-likeness (QED) is 0.720. The molecule has 0 aliphatic rings. The van der Waals surface area contributed by atoms with Gasteiger partial charge >= 0.3 is 6.48 Å². The predicted molar refractivity (Wildman–Crippen MR) is 76.8 cm³/mol. The SMILES string of the molecule is O=c1c(-c2ccc(OC(O)O)cc2)coc2ccccc12. The predicted octanol–water partition coefficient (Wildman–Crippen LogP) is 2.11. The zero-order valence-electron chi connectivity index (χ0n) is 10.9. The number of para-hydroxylation sites is 1. The minimum absolute atomic E-state index is 0.118. The molecule has 1 aromatic heterocycles. The highest BCUT2D eigenvalue weighted by molar-refractivity contribution is 5.81. The molecule has 0 fully saturated rings. The molecule has 21 heavy (non-hydrogen) atoms. The monoisotopic (exact) mass is 284 g/mol. The van der Waals surface area contributed by atoms with Gasteiger partial charge in [0.15, 0.2) is 5.43 Å². The average Bonchev–Trinajstić information content (AvgIpc) is 2.48. The van der Waals surface area contributed by atoms with Gasteiger partial charge in [-0.25, -0.2) is 0 Å². The normalized spacial score (nSPS) is 11.0. The van der Waals surface area contributed by atoms with Crippen molar-refractivity contribution in [2.75, 3.05) is 0 Å². The zero-order chi connectivity index (χ0) is 14.8. The van der Waals surface area contributed by atoms with Crippen LogP contribution in [0.3, 0.4) is 0 Å². The lowest BCUT2D eigenvalue weighted by Gasteiger charge is -2.08. The summed E-state index contributed by atoms with van der Waals surface area (Å²) in [7, 11) is 0. The van der Waals surface area contributed by atoms with Gasteiger partial charge in [0, 0.05) is 0 Å². The molecule has 0 saturated carbocycles. The highest BCUT2D eigenvalue weighted by atomic mass is 16.7. The number of rotatable bonds is 3. The Labute approximate surface area is 119 Å². The Morgan fingerprint density at radius 3 is 2.43 bits per heavy atom. The molecule has 0 saturated heterocycles. The van der Waals surface area contributed by atoms with E-state index in [9.17, 15) is 4.79 Å². The van der Waals surface area contributed by atoms with Crippen molar-refractivity contribution in [2.24, 2.45) is 0 Å². The summed E-state index contributed by atoms with van der Waals surface area (Å²) >= 11 is 0. The first-order chi connectivity index (χ1) is 10.1. The largest absolute Gasteiger partial charge is 0.463 e. The summed E-state index contributed by atoms with van der Waals surface area (Å²) in [6.07, 6.45) is 1.42. The Bertz CT molecular complexity index is 818. The van der Waals surface area contributed by atoms with E-state index in [1.54, 1.807) is 48.5 Å². The lowest BCUT2D eigenvalue weighted by molar-refractivity contribution is -0.179. The van der Waals surface area contributed by atoms with Gasteiger partial charge in [-0.2, -0.15) is 0 Å². The molecule has 0 atom stereocenters. The van der Waals surface area contributed by atoms with Gasteiger partial charge in [-0.05, 0) is 29.8 Å². The maximum Gasteiger partial charge on any atom is 0.310 e. The lowest BCUT2D eigenvalue weighted by Crippen LogP contribution is -2.13.